The number of phosphoric ester groups is 1. The summed E-state index contributed by atoms with van der Waals surface area (Å²) in [6, 6.07) is 0. The summed E-state index contributed by atoms with van der Waals surface area (Å²) in [5, 5.41) is 20.4. The number of ether oxygens (including phenoxy) is 1. The third-order valence-electron chi connectivity index (χ3n) is 3.63. The molecule has 1 saturated heterocycles. The van der Waals surface area contributed by atoms with Crippen molar-refractivity contribution in [3.05, 3.63) is 6.33 Å². The van der Waals surface area contributed by atoms with Gasteiger partial charge < -0.3 is 9.79 Å². The number of fused-ring (bicyclic) bond motifs is 1. The first kappa shape index (κ1) is 21.7. The molecule has 2 aromatic rings. The molecule has 155 valence electrons. The fourth-order valence-corrected chi connectivity index (χ4v) is 4.61. The molecular weight excluding hydrogens is 491 g/mol. The summed E-state index contributed by atoms with van der Waals surface area (Å²) in [5.74, 6) is -0.0771. The van der Waals surface area contributed by atoms with Gasteiger partial charge in [0.05, 0.1) is 0 Å². The summed E-state index contributed by atoms with van der Waals surface area (Å²) >= 11 is 2.66. The van der Waals surface area contributed by atoms with Gasteiger partial charge in [-0.1, -0.05) is 0 Å². The number of imidazole rings is 1. The second-order valence-corrected chi connectivity index (χ2v) is 9.23. The Labute approximate surface area is 164 Å². The first-order chi connectivity index (χ1) is 12.9. The van der Waals surface area contributed by atoms with E-state index in [2.05, 4.69) is 39.8 Å². The third-order valence-corrected chi connectivity index (χ3v) is 6.38. The van der Waals surface area contributed by atoms with Crippen LogP contribution in [0.25, 0.3) is 11.2 Å². The molecule has 0 spiro atoms. The van der Waals surface area contributed by atoms with Crippen molar-refractivity contribution in [2.24, 2.45) is 0 Å². The van der Waals surface area contributed by atoms with Crippen LogP contribution in [0.1, 0.15) is 6.23 Å². The predicted molar refractivity (Wildman–Crippen MR) is 90.0 cm³/mol. The van der Waals surface area contributed by atoms with Crippen LogP contribution in [0.3, 0.4) is 0 Å². The second kappa shape index (κ2) is 7.69. The molecule has 7 N–H and O–H groups in total. The molecule has 0 aliphatic carbocycles. The Morgan fingerprint density at radius 3 is 2.57 bits per heavy atom. The topological polar surface area (TPSA) is 233 Å². The minimum atomic E-state index is -5.30. The van der Waals surface area contributed by atoms with Crippen molar-refractivity contribution < 1.29 is 47.6 Å². The van der Waals surface area contributed by atoms with E-state index < -0.39 is 46.8 Å². The van der Waals surface area contributed by atoms with Gasteiger partial charge in [0.15, 0.2) is 0 Å². The number of phosphoric acid groups is 2. The number of nitrogens with zero attached hydrogens (tertiary/aromatic N) is 4. The van der Waals surface area contributed by atoms with Crippen molar-refractivity contribution in [3.63, 3.8) is 0 Å². The van der Waals surface area contributed by atoms with Gasteiger partial charge in [0.25, 0.3) is 0 Å². The number of anilines is 1. The minimum absolute atomic E-state index is 0.0771. The Bertz CT molecular complexity index is 983. The molecule has 28 heavy (non-hydrogen) atoms. The number of aromatic nitrogens is 4. The quantitative estimate of drug-likeness (QED) is 0.170. The number of hydrogen-bond acceptors (Lipinski definition) is 11. The van der Waals surface area contributed by atoms with Crippen LogP contribution in [0.5, 0.6) is 0 Å². The normalized spacial score (nSPS) is 27.9. The van der Waals surface area contributed by atoms with Gasteiger partial charge in [0, 0.05) is 0 Å². The number of rotatable bonds is 6. The number of hydrogen-bond donors (Lipinski definition) is 6. The molecule has 3 rings (SSSR count). The molecule has 2 aromatic heterocycles. The molecule has 3 heterocycles. The molecule has 1 radical (unpaired) electrons. The average molecular weight is 505 g/mol. The van der Waals surface area contributed by atoms with Crippen molar-refractivity contribution in [2.75, 3.05) is 12.3 Å². The van der Waals surface area contributed by atoms with E-state index in [1.165, 1.54) is 10.9 Å². The zero-order chi connectivity index (χ0) is 20.9. The Morgan fingerprint density at radius 2 is 1.93 bits per heavy atom. The predicted octanol–water partition coefficient (Wildman–Crippen LogP) is -2.95. The Balaban J connectivity index is 1.78. The Kier molecular flexibility index (Phi) is 5.96. The van der Waals surface area contributed by atoms with Gasteiger partial charge in [-0.25, -0.2) is 4.57 Å². The summed E-state index contributed by atoms with van der Waals surface area (Å²) in [5.41, 5.74) is 6.11. The zero-order valence-electron chi connectivity index (χ0n) is 13.5. The average Bonchev–Trinajstić information content (AvgIpc) is 3.06. The van der Waals surface area contributed by atoms with Gasteiger partial charge >= 0.3 is 149 Å². The van der Waals surface area contributed by atoms with Crippen molar-refractivity contribution in [1.29, 1.82) is 0 Å². The Hall–Kier alpha value is -0.991. The van der Waals surface area contributed by atoms with Crippen molar-refractivity contribution in [3.8, 4) is 0 Å². The van der Waals surface area contributed by atoms with Crippen molar-refractivity contribution >= 4 is 53.4 Å². The van der Waals surface area contributed by atoms with Gasteiger partial charge in [-0.3, -0.25) is 0 Å². The summed E-state index contributed by atoms with van der Waals surface area (Å²) < 4.78 is 37.3. The van der Waals surface area contributed by atoms with E-state index in [1.54, 1.807) is 0 Å². The van der Waals surface area contributed by atoms with Crippen LogP contribution in [-0.4, -0.2) is 85.3 Å². The molecule has 1 aliphatic rings. The van der Waals surface area contributed by atoms with E-state index >= 15 is 0 Å². The molecule has 0 amide bonds. The third kappa shape index (κ3) is 4.60. The van der Waals surface area contributed by atoms with Gasteiger partial charge in [-0.2, -0.15) is 0 Å². The van der Waals surface area contributed by atoms with E-state index in [-0.39, 0.29) is 11.6 Å². The van der Waals surface area contributed by atoms with Crippen LogP contribution >= 0.6 is 15.6 Å². The number of aliphatic hydroxyl groups excluding tert-OH is 2. The number of nitrogens with two attached hydrogens (primary N) is 1. The van der Waals surface area contributed by atoms with Crippen molar-refractivity contribution in [2.45, 2.75) is 24.5 Å². The van der Waals surface area contributed by atoms with Crippen LogP contribution in [-0.2, 0) is 22.7 Å². The summed E-state index contributed by atoms with van der Waals surface area (Å²) in [7, 11) is -10.4. The maximum absolute atomic E-state index is 11.5. The zero-order valence-corrected chi connectivity index (χ0v) is 17.0. The van der Waals surface area contributed by atoms with Crippen LogP contribution in [0.2, 0.25) is 0 Å². The van der Waals surface area contributed by atoms with Gasteiger partial charge in [-0.05, 0) is 0 Å². The van der Waals surface area contributed by atoms with E-state index in [0.717, 1.165) is 0 Å². The summed E-state index contributed by atoms with van der Waals surface area (Å²) in [6.45, 7) is -0.820. The summed E-state index contributed by atoms with van der Waals surface area (Å²) in [6.07, 6.45) is -4.40. The molecule has 1 fully saturated rings. The SMILES string of the molecule is Nc1nc([Se])c2ncn([C@@H]3O[C@H](COP(=O)(O)OP(=O)(O)O)[C@@H](O)[C@H]3O)c2n1. The molecular formula is C10H14N5O10P2Se. The molecule has 5 atom stereocenters. The molecule has 0 bridgehead atoms. The van der Waals surface area contributed by atoms with Gasteiger partial charge in [0.2, 0.25) is 0 Å². The summed E-state index contributed by atoms with van der Waals surface area (Å²) in [4.78, 5) is 38.4. The van der Waals surface area contributed by atoms with E-state index in [9.17, 15) is 24.2 Å². The van der Waals surface area contributed by atoms with E-state index in [1.807, 2.05) is 0 Å². The first-order valence-electron chi connectivity index (χ1n) is 7.31. The van der Waals surface area contributed by atoms with Gasteiger partial charge in [0.1, 0.15) is 0 Å². The van der Waals surface area contributed by atoms with Crippen LogP contribution < -0.4 is 10.3 Å². The molecule has 1 aliphatic heterocycles. The van der Waals surface area contributed by atoms with E-state index in [4.69, 9.17) is 20.3 Å². The fraction of sp³-hybridized carbons (Fsp3) is 0.500. The van der Waals surface area contributed by atoms with E-state index in [0.29, 0.717) is 10.1 Å². The molecule has 18 heteroatoms. The van der Waals surface area contributed by atoms with Crippen molar-refractivity contribution in [1.82, 2.24) is 19.5 Å². The van der Waals surface area contributed by atoms with Crippen LogP contribution in [0.15, 0.2) is 6.33 Å². The van der Waals surface area contributed by atoms with Crippen LogP contribution in [0.4, 0.5) is 5.95 Å². The van der Waals surface area contributed by atoms with Crippen LogP contribution in [0, 0.1) is 0 Å². The number of aliphatic hydroxyl groups is 2. The molecule has 0 saturated carbocycles. The monoisotopic (exact) mass is 506 g/mol. The molecule has 0 aromatic carbocycles. The first-order valence-corrected chi connectivity index (χ1v) is 11.2. The second-order valence-electron chi connectivity index (χ2n) is 5.59. The molecule has 1 unspecified atom stereocenters. The Morgan fingerprint density at radius 1 is 1.25 bits per heavy atom. The molecule has 15 nitrogen and oxygen atoms in total. The van der Waals surface area contributed by atoms with Gasteiger partial charge in [-0.15, -0.1) is 0 Å². The number of nitrogen functional groups attached to an aromatic ring is 1. The maximum atomic E-state index is 11.5. The standard InChI is InChI=1S/C10H14N5O10P2Se/c11-10-13-7-4(8(28)14-10)12-2-15(7)9-6(17)5(16)3(24-9)1-23-27(21,22)25-26(18,19)20/h2-3,5-6,9,16-17H,1H2,(H,21,22)(H2,11,13,14)(H2,18,19,20)/t3-,5-,6-,9-/m1/s1. The fourth-order valence-electron chi connectivity index (χ4n) is 2.52.